The Labute approximate surface area is 205 Å². The quantitative estimate of drug-likeness (QED) is 0.301. The number of anilines is 3. The van der Waals surface area contributed by atoms with E-state index in [0.29, 0.717) is 22.5 Å². The molecule has 0 aliphatic carbocycles. The summed E-state index contributed by atoms with van der Waals surface area (Å²) in [5.74, 6) is 0.856. The van der Waals surface area contributed by atoms with Crippen LogP contribution in [0.1, 0.15) is 22.3 Å². The summed E-state index contributed by atoms with van der Waals surface area (Å²) in [5, 5.41) is 11.4. The van der Waals surface area contributed by atoms with Crippen molar-refractivity contribution in [3.63, 3.8) is 0 Å². The average Bonchev–Trinajstić information content (AvgIpc) is 3.18. The molecule has 7 nitrogen and oxygen atoms in total. The molecule has 0 spiro atoms. The Balaban J connectivity index is 1.28. The number of carbonyl (C=O) groups excluding carboxylic acids is 1. The van der Waals surface area contributed by atoms with Gasteiger partial charge in [0.1, 0.15) is 5.82 Å². The monoisotopic (exact) mass is 464 g/mol. The second-order valence-corrected chi connectivity index (χ2v) is 8.89. The molecule has 35 heavy (non-hydrogen) atoms. The third kappa shape index (κ3) is 4.85. The predicted molar refractivity (Wildman–Crippen MR) is 144 cm³/mol. The van der Waals surface area contributed by atoms with Crippen molar-refractivity contribution < 1.29 is 4.79 Å². The summed E-state index contributed by atoms with van der Waals surface area (Å²) in [7, 11) is 2.14. The highest BCUT2D eigenvalue weighted by atomic mass is 16.2. The molecule has 2 aromatic carbocycles. The van der Waals surface area contributed by atoms with E-state index in [0.717, 1.165) is 54.4 Å². The lowest BCUT2D eigenvalue weighted by Gasteiger charge is -2.33. The fourth-order valence-electron chi connectivity index (χ4n) is 4.35. The Morgan fingerprint density at radius 1 is 1.06 bits per heavy atom. The minimum atomic E-state index is -0.128. The van der Waals surface area contributed by atoms with E-state index in [1.807, 2.05) is 66.9 Å². The Kier molecular flexibility index (Phi) is 6.16. The minimum Gasteiger partial charge on any atom is -0.398 e. The van der Waals surface area contributed by atoms with Gasteiger partial charge in [0.05, 0.1) is 5.71 Å². The maximum atomic E-state index is 12.4. The molecule has 0 radical (unpaired) electrons. The van der Waals surface area contributed by atoms with Crippen molar-refractivity contribution in [2.45, 2.75) is 0 Å². The maximum absolute atomic E-state index is 12.4. The number of nitrogens with two attached hydrogens (primary N) is 1. The smallest absolute Gasteiger partial charge is 0.256 e. The number of hydrogen-bond acceptors (Lipinski definition) is 6. The second-order valence-electron chi connectivity index (χ2n) is 8.89. The number of nitrogens with one attached hydrogen (secondary N) is 2. The van der Waals surface area contributed by atoms with E-state index in [1.165, 1.54) is 0 Å². The molecule has 0 unspecified atom stereocenters. The van der Waals surface area contributed by atoms with Gasteiger partial charge < -0.3 is 26.3 Å². The second kappa shape index (κ2) is 9.56. The van der Waals surface area contributed by atoms with Gasteiger partial charge in [-0.1, -0.05) is 36.4 Å². The minimum absolute atomic E-state index is 0.128. The third-order valence-electron chi connectivity index (χ3n) is 6.43. The van der Waals surface area contributed by atoms with Crippen molar-refractivity contribution in [2.24, 2.45) is 0 Å². The number of allylic oxidation sites excluding steroid dienone is 1. The molecule has 1 amide bonds. The van der Waals surface area contributed by atoms with Crippen LogP contribution in [-0.4, -0.2) is 54.7 Å². The average molecular weight is 465 g/mol. The van der Waals surface area contributed by atoms with Gasteiger partial charge in [0, 0.05) is 60.5 Å². The summed E-state index contributed by atoms with van der Waals surface area (Å²) in [6, 6.07) is 17.2. The molecule has 3 heterocycles. The van der Waals surface area contributed by atoms with E-state index in [9.17, 15) is 4.79 Å². The Morgan fingerprint density at radius 3 is 2.57 bits per heavy atom. The Morgan fingerprint density at radius 2 is 1.83 bits per heavy atom. The van der Waals surface area contributed by atoms with Gasteiger partial charge in [-0.25, -0.2) is 4.98 Å². The van der Waals surface area contributed by atoms with Crippen molar-refractivity contribution in [2.75, 3.05) is 49.2 Å². The molecule has 1 aromatic heterocycles. The van der Waals surface area contributed by atoms with Crippen molar-refractivity contribution >= 4 is 46.5 Å². The lowest BCUT2D eigenvalue weighted by molar-refractivity contribution is -0.110. The number of para-hydroxylation sites is 1. The summed E-state index contributed by atoms with van der Waals surface area (Å²) in [6.07, 6.45) is 7.27. The summed E-state index contributed by atoms with van der Waals surface area (Å²) >= 11 is 0. The van der Waals surface area contributed by atoms with Crippen LogP contribution in [0.5, 0.6) is 0 Å². The van der Waals surface area contributed by atoms with E-state index in [2.05, 4.69) is 27.1 Å². The van der Waals surface area contributed by atoms with Crippen LogP contribution >= 0.6 is 0 Å². The molecular formula is C28H28N6O. The first kappa shape index (κ1) is 22.6. The van der Waals surface area contributed by atoms with Crippen LogP contribution < -0.4 is 16.0 Å². The fourth-order valence-corrected chi connectivity index (χ4v) is 4.35. The number of nitrogen functional groups attached to an aromatic ring is 1. The molecule has 1 saturated heterocycles. The number of nitrogens with zero attached hydrogens (tertiary/aromatic N) is 3. The van der Waals surface area contributed by atoms with E-state index < -0.39 is 0 Å². The van der Waals surface area contributed by atoms with Gasteiger partial charge in [0.2, 0.25) is 0 Å². The van der Waals surface area contributed by atoms with Crippen LogP contribution in [0.4, 0.5) is 17.2 Å². The Hall–Kier alpha value is -4.23. The molecule has 7 heteroatoms. The number of carbonyl (C=O) groups is 1. The topological polar surface area (TPSA) is 98.3 Å². The zero-order valence-corrected chi connectivity index (χ0v) is 19.7. The molecule has 1 fully saturated rings. The number of fused-ring (bicyclic) bond motifs is 1. The molecule has 3 aromatic rings. The molecule has 0 atom stereocenters. The maximum Gasteiger partial charge on any atom is 0.256 e. The highest BCUT2D eigenvalue weighted by Crippen LogP contribution is 2.33. The van der Waals surface area contributed by atoms with Crippen LogP contribution in [0.2, 0.25) is 0 Å². The number of likely N-dealkylation sites (N-methyl/N-ethyl adjacent to an activating group) is 1. The van der Waals surface area contributed by atoms with Gasteiger partial charge >= 0.3 is 0 Å². The first-order valence-electron chi connectivity index (χ1n) is 11.7. The first-order chi connectivity index (χ1) is 17.0. The SMILES string of the molecule is CN1CCN(c2ccc(/C=C/C(=N)c3ccc(/C=C4/C(=O)Nc5ccccc54)cc3N)cn2)CC1. The van der Waals surface area contributed by atoms with Crippen LogP contribution in [0.3, 0.4) is 0 Å². The highest BCUT2D eigenvalue weighted by molar-refractivity contribution is 6.35. The van der Waals surface area contributed by atoms with Gasteiger partial charge in [0.15, 0.2) is 0 Å². The zero-order valence-electron chi connectivity index (χ0n) is 19.7. The van der Waals surface area contributed by atoms with E-state index in [-0.39, 0.29) is 5.91 Å². The van der Waals surface area contributed by atoms with Crippen LogP contribution in [0, 0.1) is 5.41 Å². The third-order valence-corrected chi connectivity index (χ3v) is 6.43. The lowest BCUT2D eigenvalue weighted by Crippen LogP contribution is -2.44. The molecule has 176 valence electrons. The number of pyridine rings is 1. The van der Waals surface area contributed by atoms with Gasteiger partial charge in [-0.3, -0.25) is 4.79 Å². The molecule has 4 N–H and O–H groups in total. The molecule has 2 aliphatic heterocycles. The van der Waals surface area contributed by atoms with Gasteiger partial charge in [-0.15, -0.1) is 0 Å². The van der Waals surface area contributed by atoms with Gasteiger partial charge in [-0.05, 0) is 54.6 Å². The first-order valence-corrected chi connectivity index (χ1v) is 11.7. The fraction of sp³-hybridized carbons (Fsp3) is 0.179. The van der Waals surface area contributed by atoms with Crippen molar-refractivity contribution in [3.8, 4) is 0 Å². The van der Waals surface area contributed by atoms with Gasteiger partial charge in [0.25, 0.3) is 5.91 Å². The van der Waals surface area contributed by atoms with Crippen molar-refractivity contribution in [3.05, 3.63) is 89.1 Å². The normalized spacial score (nSPS) is 17.1. The molecule has 2 aliphatic rings. The standard InChI is InChI=1S/C28H28N6O/c1-33-12-14-34(15-13-33)27-11-8-19(18-31-27)7-10-24(29)22-9-6-20(17-25(22)30)16-23-21-4-2-3-5-26(21)32-28(23)35/h2-11,16-18,29H,12-15,30H2,1H3,(H,32,35)/b10-7+,23-16+,29-24?. The van der Waals surface area contributed by atoms with Gasteiger partial charge in [-0.2, -0.15) is 0 Å². The predicted octanol–water partition coefficient (Wildman–Crippen LogP) is 3.99. The largest absolute Gasteiger partial charge is 0.398 e. The van der Waals surface area contributed by atoms with E-state index in [4.69, 9.17) is 11.1 Å². The van der Waals surface area contributed by atoms with Crippen molar-refractivity contribution in [1.29, 1.82) is 5.41 Å². The highest BCUT2D eigenvalue weighted by Gasteiger charge is 2.23. The van der Waals surface area contributed by atoms with Crippen molar-refractivity contribution in [1.82, 2.24) is 9.88 Å². The van der Waals surface area contributed by atoms with Crippen LogP contribution in [-0.2, 0) is 4.79 Å². The summed E-state index contributed by atoms with van der Waals surface area (Å²) in [5.41, 5.74) is 11.8. The van der Waals surface area contributed by atoms with E-state index in [1.54, 1.807) is 12.1 Å². The zero-order chi connectivity index (χ0) is 24.4. The number of amides is 1. The Bertz CT molecular complexity index is 1330. The summed E-state index contributed by atoms with van der Waals surface area (Å²) < 4.78 is 0. The molecule has 0 bridgehead atoms. The molecule has 0 saturated carbocycles. The molecule has 5 rings (SSSR count). The number of rotatable bonds is 5. The number of benzene rings is 2. The molecular weight excluding hydrogens is 436 g/mol. The lowest BCUT2D eigenvalue weighted by atomic mass is 10.0. The van der Waals surface area contributed by atoms with Crippen LogP contribution in [0.15, 0.2) is 66.9 Å². The number of aromatic nitrogens is 1. The number of hydrogen-bond donors (Lipinski definition) is 3. The summed E-state index contributed by atoms with van der Waals surface area (Å²) in [6.45, 7) is 4.04. The number of piperazine rings is 1. The van der Waals surface area contributed by atoms with Crippen LogP contribution in [0.25, 0.3) is 17.7 Å². The van der Waals surface area contributed by atoms with E-state index >= 15 is 0 Å². The summed E-state index contributed by atoms with van der Waals surface area (Å²) in [4.78, 5) is 21.6.